The molecule has 0 fully saturated rings. The van der Waals surface area contributed by atoms with Crippen LogP contribution in [0.3, 0.4) is 0 Å². The maximum Gasteiger partial charge on any atom is 0.306 e. The van der Waals surface area contributed by atoms with Crippen LogP contribution in [-0.2, 0) is 23.8 Å². The Morgan fingerprint density at radius 1 is 0.309 bits per heavy atom. The number of carbonyl (C=O) groups is 2. The Hall–Kier alpha value is -3.18. The molecule has 0 aliphatic heterocycles. The molecular formula is C63H108O5. The van der Waals surface area contributed by atoms with Crippen molar-refractivity contribution in [1.29, 1.82) is 0 Å². The van der Waals surface area contributed by atoms with E-state index in [-0.39, 0.29) is 25.2 Å². The van der Waals surface area contributed by atoms with Crippen LogP contribution >= 0.6 is 0 Å². The average molecular weight is 946 g/mol. The van der Waals surface area contributed by atoms with Gasteiger partial charge in [0.1, 0.15) is 19.3 Å². The number of unbranched alkanes of at least 4 members (excludes halogenated alkanes) is 25. The van der Waals surface area contributed by atoms with Gasteiger partial charge in [-0.2, -0.15) is 0 Å². The van der Waals surface area contributed by atoms with Crippen LogP contribution in [0.25, 0.3) is 0 Å². The number of carbonyl (C=O) groups excluding carboxylic acids is 2. The highest BCUT2D eigenvalue weighted by Gasteiger charge is 2.16. The van der Waals surface area contributed by atoms with E-state index >= 15 is 0 Å². The molecule has 0 aromatic rings. The fourth-order valence-corrected chi connectivity index (χ4v) is 7.77. The normalized spacial score (nSPS) is 12.9. The van der Waals surface area contributed by atoms with Gasteiger partial charge in [-0.1, -0.05) is 253 Å². The van der Waals surface area contributed by atoms with E-state index in [9.17, 15) is 9.59 Å². The maximum atomic E-state index is 12.6. The third-order valence-corrected chi connectivity index (χ3v) is 12.1. The Labute approximate surface area is 422 Å². The Kier molecular flexibility index (Phi) is 55.4. The summed E-state index contributed by atoms with van der Waals surface area (Å²) in [5.74, 6) is -0.448. The lowest BCUT2D eigenvalue weighted by Gasteiger charge is -2.18. The number of ether oxygens (including phenoxy) is 3. The van der Waals surface area contributed by atoms with Gasteiger partial charge in [0.05, 0.1) is 0 Å². The third kappa shape index (κ3) is 55.4. The van der Waals surface area contributed by atoms with E-state index in [2.05, 4.69) is 112 Å². The van der Waals surface area contributed by atoms with Crippen molar-refractivity contribution in [3.8, 4) is 0 Å². The molecule has 0 bridgehead atoms. The summed E-state index contributed by atoms with van der Waals surface area (Å²) in [6.45, 7) is 7.58. The number of esters is 2. The molecule has 0 aliphatic rings. The van der Waals surface area contributed by atoms with Crippen molar-refractivity contribution in [2.24, 2.45) is 0 Å². The summed E-state index contributed by atoms with van der Waals surface area (Å²) in [6, 6.07) is 0. The molecule has 0 aliphatic carbocycles. The molecule has 0 radical (unpaired) electrons. The Balaban J connectivity index is 4.42. The summed E-state index contributed by atoms with van der Waals surface area (Å²) in [6.07, 6.45) is 78.8. The van der Waals surface area contributed by atoms with Gasteiger partial charge in [-0.15, -0.1) is 0 Å². The average Bonchev–Trinajstić information content (AvgIpc) is 3.34. The molecule has 0 spiro atoms. The van der Waals surface area contributed by atoms with Gasteiger partial charge in [0.25, 0.3) is 0 Å². The minimum atomic E-state index is -0.444. The van der Waals surface area contributed by atoms with Gasteiger partial charge in [0, 0.05) is 19.4 Å². The molecule has 0 aromatic carbocycles. The van der Waals surface area contributed by atoms with E-state index < -0.39 is 6.10 Å². The molecule has 1 atom stereocenters. The van der Waals surface area contributed by atoms with Gasteiger partial charge in [-0.25, -0.2) is 0 Å². The Morgan fingerprint density at radius 3 is 0.985 bits per heavy atom. The second kappa shape index (κ2) is 58.1. The van der Waals surface area contributed by atoms with Crippen molar-refractivity contribution in [2.75, 3.05) is 19.8 Å². The highest BCUT2D eigenvalue weighted by Crippen LogP contribution is 2.15. The van der Waals surface area contributed by atoms with E-state index in [1.807, 2.05) is 6.08 Å². The van der Waals surface area contributed by atoms with E-state index in [4.69, 9.17) is 14.2 Å². The smallest absolute Gasteiger partial charge is 0.306 e. The first-order chi connectivity index (χ1) is 33.6. The molecular weight excluding hydrogens is 837 g/mol. The van der Waals surface area contributed by atoms with Gasteiger partial charge < -0.3 is 14.2 Å². The zero-order valence-corrected chi connectivity index (χ0v) is 44.8. The lowest BCUT2D eigenvalue weighted by molar-refractivity contribution is -0.155. The van der Waals surface area contributed by atoms with Crippen molar-refractivity contribution < 1.29 is 23.8 Å². The molecule has 5 heteroatoms. The van der Waals surface area contributed by atoms with Crippen LogP contribution in [-0.4, -0.2) is 37.9 Å². The predicted octanol–water partition coefficient (Wildman–Crippen LogP) is 19.8. The molecule has 0 unspecified atom stereocenters. The van der Waals surface area contributed by atoms with Crippen molar-refractivity contribution in [3.05, 3.63) is 97.2 Å². The number of rotatable bonds is 52. The van der Waals surface area contributed by atoms with Crippen molar-refractivity contribution in [1.82, 2.24) is 0 Å². The largest absolute Gasteiger partial charge is 0.463 e. The molecule has 0 saturated carbocycles. The summed E-state index contributed by atoms with van der Waals surface area (Å²) in [7, 11) is 0. The first-order valence-corrected chi connectivity index (χ1v) is 28.8. The van der Waals surface area contributed by atoms with Crippen LogP contribution in [0.1, 0.15) is 265 Å². The summed E-state index contributed by atoms with van der Waals surface area (Å²) < 4.78 is 17.4. The van der Waals surface area contributed by atoms with Crippen molar-refractivity contribution in [2.45, 2.75) is 271 Å². The predicted molar refractivity (Wildman–Crippen MR) is 297 cm³/mol. The lowest BCUT2D eigenvalue weighted by Crippen LogP contribution is -2.29. The van der Waals surface area contributed by atoms with Crippen LogP contribution in [0.4, 0.5) is 0 Å². The number of hydrogen-bond acceptors (Lipinski definition) is 5. The van der Waals surface area contributed by atoms with E-state index in [0.717, 1.165) is 83.5 Å². The molecule has 390 valence electrons. The van der Waals surface area contributed by atoms with E-state index in [1.54, 1.807) is 0 Å². The number of hydrogen-bond donors (Lipinski definition) is 0. The van der Waals surface area contributed by atoms with Gasteiger partial charge >= 0.3 is 11.9 Å². The topological polar surface area (TPSA) is 61.8 Å². The highest BCUT2D eigenvalue weighted by molar-refractivity contribution is 5.70. The summed E-state index contributed by atoms with van der Waals surface area (Å²) in [4.78, 5) is 25.3. The lowest BCUT2D eigenvalue weighted by atomic mass is 10.0. The second-order valence-electron chi connectivity index (χ2n) is 18.8. The summed E-state index contributed by atoms with van der Waals surface area (Å²) >= 11 is 0. The van der Waals surface area contributed by atoms with Gasteiger partial charge in [-0.3, -0.25) is 9.59 Å². The first-order valence-electron chi connectivity index (χ1n) is 28.8. The van der Waals surface area contributed by atoms with Crippen molar-refractivity contribution >= 4 is 11.9 Å². The van der Waals surface area contributed by atoms with Crippen LogP contribution in [0, 0.1) is 0 Å². The van der Waals surface area contributed by atoms with Crippen LogP contribution in [0.2, 0.25) is 0 Å². The standard InChI is InChI=1S/C63H108O5/c1-4-7-10-13-16-19-22-25-28-31-32-34-36-39-42-45-48-51-54-57-63(65)68-60-61(66-58-55-52-49-46-43-40-37-30-27-24-21-18-15-12-9-6-3)59-67-62(64)56-53-50-47-44-41-38-35-33-29-26-23-20-17-14-11-8-5-2/h16-17,19-20,25-26,28-29,32,34-35,38-39,42,48,51,61H,4-15,18,21-24,27,30-31,33,36-37,40-41,43-47,49-50,52-60H2,1-3H3/b19-16-,20-17-,28-25-,29-26-,34-32-,38-35-,42-39-,51-48-/t61-/m0/s1. The molecule has 0 rings (SSSR count). The zero-order chi connectivity index (χ0) is 49.2. The SMILES string of the molecule is CCCCC/C=C\C/C=C\C/C=C\C/C=C\C/C=C\CCC(=O)OC[C@H](COC(=O)CCCCCC/C=C\C/C=C\C/C=C\CCCCC)OCCCCCCCCCCCCCCCCCC. The second-order valence-corrected chi connectivity index (χ2v) is 18.8. The fraction of sp³-hybridized carbons (Fsp3) is 0.714. The minimum Gasteiger partial charge on any atom is -0.463 e. The van der Waals surface area contributed by atoms with E-state index in [0.29, 0.717) is 25.9 Å². The molecule has 0 saturated heterocycles. The zero-order valence-electron chi connectivity index (χ0n) is 44.8. The molecule has 5 nitrogen and oxygen atoms in total. The third-order valence-electron chi connectivity index (χ3n) is 12.1. The van der Waals surface area contributed by atoms with Gasteiger partial charge in [0.2, 0.25) is 0 Å². The van der Waals surface area contributed by atoms with Crippen LogP contribution < -0.4 is 0 Å². The summed E-state index contributed by atoms with van der Waals surface area (Å²) in [5, 5.41) is 0. The first kappa shape index (κ1) is 64.8. The maximum absolute atomic E-state index is 12.6. The van der Waals surface area contributed by atoms with Gasteiger partial charge in [-0.05, 0) is 96.3 Å². The van der Waals surface area contributed by atoms with Crippen LogP contribution in [0.5, 0.6) is 0 Å². The van der Waals surface area contributed by atoms with Crippen molar-refractivity contribution in [3.63, 3.8) is 0 Å². The van der Waals surface area contributed by atoms with E-state index in [1.165, 1.54) is 141 Å². The van der Waals surface area contributed by atoms with Crippen LogP contribution in [0.15, 0.2) is 97.2 Å². The van der Waals surface area contributed by atoms with Gasteiger partial charge in [0.15, 0.2) is 0 Å². The summed E-state index contributed by atoms with van der Waals surface area (Å²) in [5.41, 5.74) is 0. The quantitative estimate of drug-likeness (QED) is 0.0345. The highest BCUT2D eigenvalue weighted by atomic mass is 16.6. The Morgan fingerprint density at radius 2 is 0.588 bits per heavy atom. The molecule has 0 N–H and O–H groups in total. The monoisotopic (exact) mass is 945 g/mol. The Bertz CT molecular complexity index is 1300. The number of allylic oxidation sites excluding steroid dienone is 16. The molecule has 0 aromatic heterocycles. The molecule has 68 heavy (non-hydrogen) atoms. The molecule has 0 amide bonds. The molecule has 0 heterocycles. The fourth-order valence-electron chi connectivity index (χ4n) is 7.77. The minimum absolute atomic E-state index is 0.108.